The van der Waals surface area contributed by atoms with Crippen molar-refractivity contribution in [1.82, 2.24) is 16.0 Å². The lowest BCUT2D eigenvalue weighted by Crippen LogP contribution is -2.56. The zero-order valence-corrected chi connectivity index (χ0v) is 14.9. The van der Waals surface area contributed by atoms with Crippen molar-refractivity contribution in [3.63, 3.8) is 0 Å². The number of hydrogen-bond acceptors (Lipinski definition) is 6. The van der Waals surface area contributed by atoms with Crippen molar-refractivity contribution in [2.45, 2.75) is 51.7 Å². The molecule has 3 atom stereocenters. The predicted molar refractivity (Wildman–Crippen MR) is 89.9 cm³/mol. The number of carboxylic acids is 2. The molecule has 0 heterocycles. The Morgan fingerprint density at radius 3 is 1.85 bits per heavy atom. The van der Waals surface area contributed by atoms with E-state index in [0.29, 0.717) is 0 Å². The van der Waals surface area contributed by atoms with Gasteiger partial charge in [-0.3, -0.25) is 24.0 Å². The average Bonchev–Trinajstić information content (AvgIpc) is 2.52. The zero-order chi connectivity index (χ0) is 20.4. The molecule has 3 unspecified atom stereocenters. The average molecular weight is 374 g/mol. The van der Waals surface area contributed by atoms with E-state index in [4.69, 9.17) is 15.9 Å². The number of rotatable bonds is 11. The summed E-state index contributed by atoms with van der Waals surface area (Å²) in [6, 6.07) is -3.67. The fourth-order valence-electron chi connectivity index (χ4n) is 1.99. The molecule has 0 aromatic rings. The van der Waals surface area contributed by atoms with Crippen molar-refractivity contribution in [2.75, 3.05) is 6.54 Å². The Bertz CT molecular complexity index is 550. The highest BCUT2D eigenvalue weighted by Gasteiger charge is 2.29. The summed E-state index contributed by atoms with van der Waals surface area (Å²) in [5, 5.41) is 24.5. The molecule has 7 N–H and O–H groups in total. The van der Waals surface area contributed by atoms with Crippen LogP contribution in [-0.4, -0.2) is 64.5 Å². The van der Waals surface area contributed by atoms with E-state index >= 15 is 0 Å². The number of amides is 3. The van der Waals surface area contributed by atoms with Gasteiger partial charge in [0.25, 0.3) is 0 Å². The van der Waals surface area contributed by atoms with E-state index in [-0.39, 0.29) is 12.3 Å². The molecule has 148 valence electrons. The maximum Gasteiger partial charge on any atom is 0.325 e. The van der Waals surface area contributed by atoms with Crippen LogP contribution in [0.25, 0.3) is 0 Å². The molecule has 0 rings (SSSR count). The van der Waals surface area contributed by atoms with Gasteiger partial charge in [0.1, 0.15) is 18.1 Å². The third-order valence-corrected chi connectivity index (χ3v) is 3.29. The van der Waals surface area contributed by atoms with Crippen LogP contribution in [0.5, 0.6) is 0 Å². The largest absolute Gasteiger partial charge is 0.481 e. The van der Waals surface area contributed by atoms with E-state index in [1.807, 2.05) is 0 Å². The first-order valence-corrected chi connectivity index (χ1v) is 8.02. The van der Waals surface area contributed by atoms with E-state index in [9.17, 15) is 24.0 Å². The normalized spacial score (nSPS) is 14.0. The van der Waals surface area contributed by atoms with Crippen molar-refractivity contribution in [3.8, 4) is 0 Å². The lowest BCUT2D eigenvalue weighted by molar-refractivity contribution is -0.143. The Labute approximate surface area is 150 Å². The first-order valence-electron chi connectivity index (χ1n) is 8.02. The van der Waals surface area contributed by atoms with Crippen molar-refractivity contribution in [2.24, 2.45) is 11.7 Å². The van der Waals surface area contributed by atoms with Gasteiger partial charge >= 0.3 is 11.9 Å². The van der Waals surface area contributed by atoms with Crippen LogP contribution in [0.3, 0.4) is 0 Å². The minimum Gasteiger partial charge on any atom is -0.481 e. The highest BCUT2D eigenvalue weighted by atomic mass is 16.4. The number of hydrogen-bond donors (Lipinski definition) is 6. The Morgan fingerprint density at radius 2 is 1.42 bits per heavy atom. The fraction of sp³-hybridized carbons (Fsp3) is 0.667. The number of nitrogens with two attached hydrogens (primary N) is 1. The maximum absolute atomic E-state index is 12.3. The Hall–Kier alpha value is -2.69. The molecule has 0 aliphatic rings. The van der Waals surface area contributed by atoms with E-state index in [0.717, 1.165) is 0 Å². The van der Waals surface area contributed by atoms with E-state index in [1.54, 1.807) is 13.8 Å². The second-order valence-corrected chi connectivity index (χ2v) is 6.18. The summed E-state index contributed by atoms with van der Waals surface area (Å²) >= 11 is 0. The minimum atomic E-state index is -1.41. The summed E-state index contributed by atoms with van der Waals surface area (Å²) in [5.41, 5.74) is 5.14. The molecule has 0 aliphatic carbocycles. The van der Waals surface area contributed by atoms with Crippen LogP contribution in [-0.2, 0) is 24.0 Å². The molecule has 0 fully saturated rings. The Balaban J connectivity index is 5.21. The molecule has 26 heavy (non-hydrogen) atoms. The Morgan fingerprint density at radius 1 is 0.885 bits per heavy atom. The van der Waals surface area contributed by atoms with Crippen molar-refractivity contribution in [3.05, 3.63) is 0 Å². The van der Waals surface area contributed by atoms with Gasteiger partial charge in [-0.1, -0.05) is 13.8 Å². The molecule has 0 saturated carbocycles. The molecule has 0 bridgehead atoms. The van der Waals surface area contributed by atoms with Gasteiger partial charge in [-0.15, -0.1) is 0 Å². The van der Waals surface area contributed by atoms with E-state index < -0.39 is 60.8 Å². The third-order valence-electron chi connectivity index (χ3n) is 3.29. The highest BCUT2D eigenvalue weighted by Crippen LogP contribution is 2.07. The number of carbonyl (C=O) groups excluding carboxylic acids is 3. The summed E-state index contributed by atoms with van der Waals surface area (Å²) in [4.78, 5) is 57.7. The summed E-state index contributed by atoms with van der Waals surface area (Å²) < 4.78 is 0. The van der Waals surface area contributed by atoms with Crippen LogP contribution in [0.1, 0.15) is 33.6 Å². The van der Waals surface area contributed by atoms with Crippen LogP contribution in [0.4, 0.5) is 0 Å². The van der Waals surface area contributed by atoms with Gasteiger partial charge in [-0.2, -0.15) is 0 Å². The number of nitrogens with one attached hydrogen (secondary N) is 3. The number of carboxylic acid groups (broad SMARTS) is 2. The second kappa shape index (κ2) is 11.0. The molecule has 0 spiro atoms. The Kier molecular flexibility index (Phi) is 9.89. The third kappa shape index (κ3) is 8.97. The molecule has 0 aromatic carbocycles. The molecule has 11 nitrogen and oxygen atoms in total. The summed E-state index contributed by atoms with van der Waals surface area (Å²) in [5.74, 6) is -4.92. The maximum atomic E-state index is 12.3. The van der Waals surface area contributed by atoms with Crippen molar-refractivity contribution >= 4 is 29.7 Å². The second-order valence-electron chi connectivity index (χ2n) is 6.18. The van der Waals surface area contributed by atoms with Crippen LogP contribution in [0, 0.1) is 5.92 Å². The fourth-order valence-corrected chi connectivity index (χ4v) is 1.99. The zero-order valence-electron chi connectivity index (χ0n) is 14.9. The summed E-state index contributed by atoms with van der Waals surface area (Å²) in [7, 11) is 0. The predicted octanol–water partition coefficient (Wildman–Crippen LogP) is -1.98. The smallest absolute Gasteiger partial charge is 0.325 e. The van der Waals surface area contributed by atoms with Crippen LogP contribution < -0.4 is 21.7 Å². The molecule has 11 heteroatoms. The number of carbonyl (C=O) groups is 5. The molecule has 0 saturated heterocycles. The molecule has 3 amide bonds. The van der Waals surface area contributed by atoms with Crippen LogP contribution in [0.2, 0.25) is 0 Å². The van der Waals surface area contributed by atoms with Gasteiger partial charge in [-0.25, -0.2) is 0 Å². The molecular formula is C15H26N4O7. The summed E-state index contributed by atoms with van der Waals surface area (Å²) in [6.07, 6.45) is -0.506. The standard InChI is InChI=1S/C15H26N4O7/c1-7(2)4-9(13(23)17-8(3)15(25)26)19-14(24)10(5-12(21)22)18-11(20)6-16/h7-10H,4-6,16H2,1-3H3,(H,17,23)(H,18,20)(H,19,24)(H,21,22)(H,25,26). The molecule has 0 aliphatic heterocycles. The lowest BCUT2D eigenvalue weighted by atomic mass is 10.0. The molecular weight excluding hydrogens is 348 g/mol. The van der Waals surface area contributed by atoms with Gasteiger partial charge in [0, 0.05) is 0 Å². The van der Waals surface area contributed by atoms with Gasteiger partial charge in [0.15, 0.2) is 0 Å². The monoisotopic (exact) mass is 374 g/mol. The van der Waals surface area contributed by atoms with Gasteiger partial charge in [-0.05, 0) is 19.3 Å². The summed E-state index contributed by atoms with van der Waals surface area (Å²) in [6.45, 7) is 4.41. The first-order chi connectivity index (χ1) is 12.0. The first kappa shape index (κ1) is 23.3. The van der Waals surface area contributed by atoms with Crippen molar-refractivity contribution in [1.29, 1.82) is 0 Å². The lowest BCUT2D eigenvalue weighted by Gasteiger charge is -2.24. The SMILES string of the molecule is CC(C)CC(NC(=O)C(CC(=O)O)NC(=O)CN)C(=O)NC(C)C(=O)O. The van der Waals surface area contributed by atoms with Gasteiger partial charge in [0.2, 0.25) is 17.7 Å². The topological polar surface area (TPSA) is 188 Å². The minimum absolute atomic E-state index is 0.0252. The molecule has 0 aromatic heterocycles. The highest BCUT2D eigenvalue weighted by molar-refractivity contribution is 5.95. The quantitative estimate of drug-likeness (QED) is 0.240. The number of aliphatic carboxylic acids is 2. The van der Waals surface area contributed by atoms with E-state index in [2.05, 4.69) is 16.0 Å². The van der Waals surface area contributed by atoms with Gasteiger partial charge in [0.05, 0.1) is 13.0 Å². The van der Waals surface area contributed by atoms with Gasteiger partial charge < -0.3 is 31.9 Å². The van der Waals surface area contributed by atoms with Crippen LogP contribution >= 0.6 is 0 Å². The van der Waals surface area contributed by atoms with Crippen LogP contribution in [0.15, 0.2) is 0 Å². The molecule has 0 radical (unpaired) electrons. The van der Waals surface area contributed by atoms with E-state index in [1.165, 1.54) is 6.92 Å². The van der Waals surface area contributed by atoms with Crippen molar-refractivity contribution < 1.29 is 34.2 Å².